The van der Waals surface area contributed by atoms with E-state index in [1.165, 1.54) is 24.3 Å². The standard InChI is InChI=1S/C14H20N2O6S/c1-14(2,9-7-13(17)18)15-23(21,22)10-8-11-3-5-12(6-4-11)16(19)20/h3-6,15H,7-10H2,1-2H3,(H,17,18). The summed E-state index contributed by atoms with van der Waals surface area (Å²) in [6.07, 6.45) is 0.263. The minimum absolute atomic E-state index is 0.0514. The van der Waals surface area contributed by atoms with Crippen molar-refractivity contribution in [1.29, 1.82) is 0 Å². The van der Waals surface area contributed by atoms with Crippen molar-refractivity contribution in [3.8, 4) is 0 Å². The lowest BCUT2D eigenvalue weighted by atomic mass is 10.0. The third kappa shape index (κ3) is 7.20. The number of nitro benzene ring substituents is 1. The van der Waals surface area contributed by atoms with Crippen molar-refractivity contribution in [2.75, 3.05) is 5.75 Å². The lowest BCUT2D eigenvalue weighted by Gasteiger charge is -2.25. The maximum absolute atomic E-state index is 12.1. The van der Waals surface area contributed by atoms with Crippen molar-refractivity contribution in [3.63, 3.8) is 0 Å². The molecule has 0 spiro atoms. The van der Waals surface area contributed by atoms with E-state index in [1.54, 1.807) is 13.8 Å². The number of hydrogen-bond donors (Lipinski definition) is 2. The first-order valence-corrected chi connectivity index (χ1v) is 8.63. The molecule has 0 atom stereocenters. The summed E-state index contributed by atoms with van der Waals surface area (Å²) in [4.78, 5) is 20.6. The molecule has 0 fully saturated rings. The smallest absolute Gasteiger partial charge is 0.303 e. The number of aryl methyl sites for hydroxylation is 1. The van der Waals surface area contributed by atoms with Crippen LogP contribution < -0.4 is 4.72 Å². The Labute approximate surface area is 134 Å². The summed E-state index contributed by atoms with van der Waals surface area (Å²) in [5.41, 5.74) is -0.235. The molecule has 1 rings (SSSR count). The molecule has 0 heterocycles. The number of carbonyl (C=O) groups is 1. The Balaban J connectivity index is 2.61. The molecular formula is C14H20N2O6S. The summed E-state index contributed by atoms with van der Waals surface area (Å²) in [6, 6.07) is 5.69. The van der Waals surface area contributed by atoms with Gasteiger partial charge in [-0.1, -0.05) is 12.1 Å². The first-order valence-electron chi connectivity index (χ1n) is 6.97. The molecule has 0 amide bonds. The molecule has 2 N–H and O–H groups in total. The molecule has 0 saturated carbocycles. The fourth-order valence-corrected chi connectivity index (χ4v) is 3.53. The Morgan fingerprint density at radius 3 is 2.35 bits per heavy atom. The van der Waals surface area contributed by atoms with Crippen molar-refractivity contribution in [1.82, 2.24) is 4.72 Å². The van der Waals surface area contributed by atoms with Crippen LogP contribution in [0.3, 0.4) is 0 Å². The van der Waals surface area contributed by atoms with Crippen LogP contribution in [0.25, 0.3) is 0 Å². The van der Waals surface area contributed by atoms with Crippen molar-refractivity contribution in [3.05, 3.63) is 39.9 Å². The highest BCUT2D eigenvalue weighted by molar-refractivity contribution is 7.89. The largest absolute Gasteiger partial charge is 0.481 e. The normalized spacial score (nSPS) is 12.1. The minimum atomic E-state index is -3.59. The maximum atomic E-state index is 12.1. The number of aliphatic carboxylic acids is 1. The van der Waals surface area contributed by atoms with Gasteiger partial charge in [0.1, 0.15) is 0 Å². The van der Waals surface area contributed by atoms with Crippen LogP contribution in [0, 0.1) is 10.1 Å². The lowest BCUT2D eigenvalue weighted by Crippen LogP contribution is -2.44. The third-order valence-electron chi connectivity index (χ3n) is 3.20. The fraction of sp³-hybridized carbons (Fsp3) is 0.500. The van der Waals surface area contributed by atoms with E-state index in [1.807, 2.05) is 0 Å². The van der Waals surface area contributed by atoms with Crippen LogP contribution in [-0.4, -0.2) is 35.7 Å². The van der Waals surface area contributed by atoms with Gasteiger partial charge in [0.25, 0.3) is 5.69 Å². The summed E-state index contributed by atoms with van der Waals surface area (Å²) in [7, 11) is -3.59. The Kier molecular flexibility index (Phi) is 6.22. The number of sulfonamides is 1. The first kappa shape index (κ1) is 19.0. The molecule has 23 heavy (non-hydrogen) atoms. The number of nitrogens with one attached hydrogen (secondary N) is 1. The number of hydrogen-bond acceptors (Lipinski definition) is 5. The van der Waals surface area contributed by atoms with E-state index >= 15 is 0 Å². The molecule has 0 aromatic heterocycles. The predicted molar refractivity (Wildman–Crippen MR) is 84.7 cm³/mol. The molecular weight excluding hydrogens is 324 g/mol. The van der Waals surface area contributed by atoms with Crippen LogP contribution >= 0.6 is 0 Å². The average Bonchev–Trinajstić information content (AvgIpc) is 2.42. The van der Waals surface area contributed by atoms with Crippen LogP contribution in [0.4, 0.5) is 5.69 Å². The zero-order chi connectivity index (χ0) is 17.7. The van der Waals surface area contributed by atoms with Crippen molar-refractivity contribution in [2.45, 2.75) is 38.6 Å². The summed E-state index contributed by atoms with van der Waals surface area (Å²) >= 11 is 0. The predicted octanol–water partition coefficient (Wildman–Crippen LogP) is 1.70. The van der Waals surface area contributed by atoms with Crippen LogP contribution in [0.15, 0.2) is 24.3 Å². The van der Waals surface area contributed by atoms with Gasteiger partial charge in [0, 0.05) is 24.1 Å². The van der Waals surface area contributed by atoms with E-state index in [9.17, 15) is 23.3 Å². The molecule has 0 bridgehead atoms. The Morgan fingerprint density at radius 2 is 1.87 bits per heavy atom. The number of rotatable bonds is 9. The van der Waals surface area contributed by atoms with E-state index < -0.39 is 26.5 Å². The Bertz CT molecular complexity index is 667. The molecule has 0 saturated heterocycles. The third-order valence-corrected chi connectivity index (χ3v) is 4.81. The first-order chi connectivity index (χ1) is 10.5. The van der Waals surface area contributed by atoms with Gasteiger partial charge in [-0.05, 0) is 32.3 Å². The molecule has 0 aliphatic heterocycles. The van der Waals surface area contributed by atoms with E-state index in [0.29, 0.717) is 5.56 Å². The highest BCUT2D eigenvalue weighted by atomic mass is 32.2. The topological polar surface area (TPSA) is 127 Å². The second-order valence-electron chi connectivity index (χ2n) is 5.87. The molecule has 0 aliphatic rings. The summed E-state index contributed by atoms with van der Waals surface area (Å²) < 4.78 is 26.6. The lowest BCUT2D eigenvalue weighted by molar-refractivity contribution is -0.384. The van der Waals surface area contributed by atoms with Gasteiger partial charge in [-0.3, -0.25) is 14.9 Å². The number of carboxylic acid groups (broad SMARTS) is 1. The average molecular weight is 344 g/mol. The van der Waals surface area contributed by atoms with E-state index in [0.717, 1.165) is 0 Å². The summed E-state index contributed by atoms with van der Waals surface area (Å²) in [5.74, 6) is -1.16. The van der Waals surface area contributed by atoms with Crippen molar-refractivity contribution in [2.24, 2.45) is 0 Å². The second kappa shape index (κ2) is 7.51. The van der Waals surface area contributed by atoms with Gasteiger partial charge in [-0.2, -0.15) is 0 Å². The Morgan fingerprint density at radius 1 is 1.30 bits per heavy atom. The number of carboxylic acids is 1. The zero-order valence-corrected chi connectivity index (χ0v) is 13.8. The van der Waals surface area contributed by atoms with Crippen LogP contribution in [-0.2, 0) is 21.2 Å². The number of nitrogens with zero attached hydrogens (tertiary/aromatic N) is 1. The van der Waals surface area contributed by atoms with Gasteiger partial charge in [0.15, 0.2) is 0 Å². The molecule has 1 aromatic carbocycles. The van der Waals surface area contributed by atoms with Gasteiger partial charge < -0.3 is 5.11 Å². The molecule has 128 valence electrons. The van der Waals surface area contributed by atoms with Crippen LogP contribution in [0.1, 0.15) is 32.3 Å². The van der Waals surface area contributed by atoms with Gasteiger partial charge in [-0.15, -0.1) is 0 Å². The molecule has 0 radical (unpaired) electrons. The van der Waals surface area contributed by atoms with Crippen molar-refractivity contribution >= 4 is 21.7 Å². The van der Waals surface area contributed by atoms with Gasteiger partial charge >= 0.3 is 5.97 Å². The van der Waals surface area contributed by atoms with Crippen LogP contribution in [0.2, 0.25) is 0 Å². The quantitative estimate of drug-likeness (QED) is 0.518. The molecule has 9 heteroatoms. The summed E-state index contributed by atoms with van der Waals surface area (Å²) in [6.45, 7) is 3.25. The SMILES string of the molecule is CC(C)(CCC(=O)O)NS(=O)(=O)CCc1ccc([N+](=O)[O-])cc1. The van der Waals surface area contributed by atoms with Gasteiger partial charge in [0.05, 0.1) is 10.7 Å². The Hall–Kier alpha value is -2.00. The van der Waals surface area contributed by atoms with E-state index in [4.69, 9.17) is 5.11 Å². The molecule has 1 aromatic rings. The van der Waals surface area contributed by atoms with Gasteiger partial charge in [0.2, 0.25) is 10.0 Å². The fourth-order valence-electron chi connectivity index (χ4n) is 1.98. The number of non-ortho nitro benzene ring substituents is 1. The number of benzene rings is 1. The molecule has 0 unspecified atom stereocenters. The zero-order valence-electron chi connectivity index (χ0n) is 13.0. The van der Waals surface area contributed by atoms with E-state index in [2.05, 4.69) is 4.72 Å². The van der Waals surface area contributed by atoms with Crippen molar-refractivity contribution < 1.29 is 23.2 Å². The minimum Gasteiger partial charge on any atom is -0.481 e. The molecule has 8 nitrogen and oxygen atoms in total. The highest BCUT2D eigenvalue weighted by Gasteiger charge is 2.25. The second-order valence-corrected chi connectivity index (χ2v) is 7.71. The maximum Gasteiger partial charge on any atom is 0.303 e. The number of nitro groups is 1. The van der Waals surface area contributed by atoms with E-state index in [-0.39, 0.29) is 30.7 Å². The van der Waals surface area contributed by atoms with Crippen LogP contribution in [0.5, 0.6) is 0 Å². The highest BCUT2D eigenvalue weighted by Crippen LogP contribution is 2.15. The summed E-state index contributed by atoms with van der Waals surface area (Å²) in [5, 5.41) is 19.2. The van der Waals surface area contributed by atoms with Gasteiger partial charge in [-0.25, -0.2) is 13.1 Å². The monoisotopic (exact) mass is 344 g/mol. The molecule has 0 aliphatic carbocycles.